The summed E-state index contributed by atoms with van der Waals surface area (Å²) < 4.78 is 7.78. The Morgan fingerprint density at radius 1 is 0.966 bits per heavy atom. The molecule has 0 bridgehead atoms. The molecule has 0 aliphatic carbocycles. The number of rotatable bonds is 2. The van der Waals surface area contributed by atoms with Gasteiger partial charge in [0.15, 0.2) is 0 Å². The summed E-state index contributed by atoms with van der Waals surface area (Å²) in [6.07, 6.45) is 0. The minimum Gasteiger partial charge on any atom is -0.421 e. The van der Waals surface area contributed by atoms with Gasteiger partial charge in [0, 0.05) is 35.7 Å². The zero-order chi connectivity index (χ0) is 20.1. The SMILES string of the molecule is Cc1nnc(-c2ccc3c(c2)N(c2ccc(Cl)cc2)C[C@@H](C)c2nnc(C)n2-3)o1. The van der Waals surface area contributed by atoms with Gasteiger partial charge in [-0.2, -0.15) is 0 Å². The minimum atomic E-state index is 0.174. The summed E-state index contributed by atoms with van der Waals surface area (Å²) >= 11 is 6.13. The maximum Gasteiger partial charge on any atom is 0.247 e. The third-order valence-corrected chi connectivity index (χ3v) is 5.42. The number of aromatic nitrogens is 5. The van der Waals surface area contributed by atoms with Crippen molar-refractivity contribution in [2.45, 2.75) is 26.7 Å². The third kappa shape index (κ3) is 2.98. The molecular weight excluding hydrogens is 388 g/mol. The van der Waals surface area contributed by atoms with Crippen LogP contribution < -0.4 is 4.90 Å². The maximum atomic E-state index is 6.13. The number of hydrogen-bond acceptors (Lipinski definition) is 6. The van der Waals surface area contributed by atoms with Crippen molar-refractivity contribution in [3.8, 4) is 17.1 Å². The highest BCUT2D eigenvalue weighted by Gasteiger charge is 2.29. The number of benzene rings is 2. The van der Waals surface area contributed by atoms with E-state index in [1.807, 2.05) is 37.3 Å². The van der Waals surface area contributed by atoms with E-state index in [1.54, 1.807) is 6.92 Å². The van der Waals surface area contributed by atoms with Crippen molar-refractivity contribution in [3.05, 3.63) is 65.0 Å². The number of anilines is 2. The van der Waals surface area contributed by atoms with Gasteiger partial charge < -0.3 is 9.32 Å². The quantitative estimate of drug-likeness (QED) is 0.474. The molecule has 146 valence electrons. The molecule has 2 aromatic heterocycles. The van der Waals surface area contributed by atoms with Crippen molar-refractivity contribution in [1.29, 1.82) is 0 Å². The summed E-state index contributed by atoms with van der Waals surface area (Å²) in [5.74, 6) is 3.01. The van der Waals surface area contributed by atoms with Crippen LogP contribution in [0.4, 0.5) is 11.4 Å². The first-order valence-corrected chi connectivity index (χ1v) is 9.79. The molecule has 4 aromatic rings. The molecule has 2 aromatic carbocycles. The van der Waals surface area contributed by atoms with E-state index in [-0.39, 0.29) is 5.92 Å². The number of hydrogen-bond donors (Lipinski definition) is 0. The highest BCUT2D eigenvalue weighted by molar-refractivity contribution is 6.30. The van der Waals surface area contributed by atoms with E-state index in [2.05, 4.69) is 48.9 Å². The number of aryl methyl sites for hydroxylation is 2. The molecule has 1 aliphatic rings. The molecule has 0 unspecified atom stereocenters. The van der Waals surface area contributed by atoms with Crippen LogP contribution in [0.25, 0.3) is 17.1 Å². The van der Waals surface area contributed by atoms with Crippen LogP contribution in [0.1, 0.15) is 30.4 Å². The summed E-state index contributed by atoms with van der Waals surface area (Å²) in [4.78, 5) is 2.27. The van der Waals surface area contributed by atoms with E-state index in [9.17, 15) is 0 Å². The summed E-state index contributed by atoms with van der Waals surface area (Å²) in [5.41, 5.74) is 3.96. The Morgan fingerprint density at radius 3 is 2.48 bits per heavy atom. The molecule has 0 saturated heterocycles. The zero-order valence-corrected chi connectivity index (χ0v) is 17.1. The molecule has 0 N–H and O–H groups in total. The molecule has 8 heteroatoms. The minimum absolute atomic E-state index is 0.174. The Kier molecular flexibility index (Phi) is 4.13. The van der Waals surface area contributed by atoms with E-state index >= 15 is 0 Å². The molecule has 1 atom stereocenters. The molecule has 0 fully saturated rings. The topological polar surface area (TPSA) is 72.9 Å². The molecule has 3 heterocycles. The van der Waals surface area contributed by atoms with Crippen LogP contribution in [0.15, 0.2) is 46.9 Å². The molecule has 5 rings (SSSR count). The third-order valence-electron chi connectivity index (χ3n) is 5.17. The van der Waals surface area contributed by atoms with E-state index in [4.69, 9.17) is 16.0 Å². The van der Waals surface area contributed by atoms with Gasteiger partial charge in [0.25, 0.3) is 0 Å². The number of fused-ring (bicyclic) bond motifs is 3. The smallest absolute Gasteiger partial charge is 0.247 e. The van der Waals surface area contributed by atoms with Crippen LogP contribution in [0, 0.1) is 13.8 Å². The van der Waals surface area contributed by atoms with Crippen molar-refractivity contribution < 1.29 is 4.42 Å². The predicted molar refractivity (Wildman–Crippen MR) is 111 cm³/mol. The Bertz CT molecular complexity index is 1200. The Morgan fingerprint density at radius 2 is 1.76 bits per heavy atom. The normalized spacial score (nSPS) is 15.7. The highest BCUT2D eigenvalue weighted by Crippen LogP contribution is 2.40. The molecule has 7 nitrogen and oxygen atoms in total. The first-order chi connectivity index (χ1) is 14.0. The fraction of sp³-hybridized carbons (Fsp3) is 0.238. The molecular formula is C21H19ClN6O. The second-order valence-corrected chi connectivity index (χ2v) is 7.70. The average molecular weight is 407 g/mol. The summed E-state index contributed by atoms with van der Waals surface area (Å²) in [6, 6.07) is 14.0. The van der Waals surface area contributed by atoms with Crippen molar-refractivity contribution in [2.24, 2.45) is 0 Å². The van der Waals surface area contributed by atoms with Crippen LogP contribution in [0.5, 0.6) is 0 Å². The van der Waals surface area contributed by atoms with Gasteiger partial charge in [-0.05, 0) is 49.4 Å². The first kappa shape index (κ1) is 17.9. The van der Waals surface area contributed by atoms with E-state index in [1.165, 1.54) is 0 Å². The lowest BCUT2D eigenvalue weighted by atomic mass is 10.1. The van der Waals surface area contributed by atoms with Crippen LogP contribution >= 0.6 is 11.6 Å². The van der Waals surface area contributed by atoms with Crippen LogP contribution in [-0.4, -0.2) is 31.5 Å². The van der Waals surface area contributed by atoms with Crippen LogP contribution in [-0.2, 0) is 0 Å². The van der Waals surface area contributed by atoms with Gasteiger partial charge in [0.2, 0.25) is 11.8 Å². The van der Waals surface area contributed by atoms with Gasteiger partial charge in [0.1, 0.15) is 11.6 Å². The molecule has 1 aliphatic heterocycles. The van der Waals surface area contributed by atoms with E-state index in [0.717, 1.165) is 40.8 Å². The lowest BCUT2D eigenvalue weighted by molar-refractivity contribution is 0.533. The summed E-state index contributed by atoms with van der Waals surface area (Å²) in [6.45, 7) is 6.67. The second-order valence-electron chi connectivity index (χ2n) is 7.26. The molecule has 0 saturated carbocycles. The lowest BCUT2D eigenvalue weighted by Crippen LogP contribution is -2.22. The summed E-state index contributed by atoms with van der Waals surface area (Å²) in [5, 5.41) is 17.6. The van der Waals surface area contributed by atoms with Gasteiger partial charge >= 0.3 is 0 Å². The summed E-state index contributed by atoms with van der Waals surface area (Å²) in [7, 11) is 0. The highest BCUT2D eigenvalue weighted by atomic mass is 35.5. The van der Waals surface area contributed by atoms with Crippen molar-refractivity contribution in [2.75, 3.05) is 11.4 Å². The van der Waals surface area contributed by atoms with Gasteiger partial charge in [-0.15, -0.1) is 20.4 Å². The first-order valence-electron chi connectivity index (χ1n) is 9.41. The van der Waals surface area contributed by atoms with Gasteiger partial charge in [-0.25, -0.2) is 0 Å². The van der Waals surface area contributed by atoms with Gasteiger partial charge in [-0.3, -0.25) is 4.57 Å². The molecule has 29 heavy (non-hydrogen) atoms. The predicted octanol–water partition coefficient (Wildman–Crippen LogP) is 4.84. The van der Waals surface area contributed by atoms with Gasteiger partial charge in [-0.1, -0.05) is 18.5 Å². The molecule has 0 spiro atoms. The monoisotopic (exact) mass is 406 g/mol. The van der Waals surface area contributed by atoms with Gasteiger partial charge in [0.05, 0.1) is 11.4 Å². The van der Waals surface area contributed by atoms with Crippen LogP contribution in [0.2, 0.25) is 5.02 Å². The van der Waals surface area contributed by atoms with E-state index in [0.29, 0.717) is 16.8 Å². The largest absolute Gasteiger partial charge is 0.421 e. The standard InChI is InChI=1S/C21H19ClN6O/c1-12-11-27(17-7-5-16(22)6-8-17)19-10-15(21-26-24-14(3)29-21)4-9-18(19)28-13(2)23-25-20(12)28/h4-10,12H,11H2,1-3H3/t12-/m1/s1. The lowest BCUT2D eigenvalue weighted by Gasteiger charge is -2.27. The fourth-order valence-electron chi connectivity index (χ4n) is 3.79. The number of nitrogens with zero attached hydrogens (tertiary/aromatic N) is 6. The fourth-order valence-corrected chi connectivity index (χ4v) is 3.92. The van der Waals surface area contributed by atoms with E-state index < -0.39 is 0 Å². The van der Waals surface area contributed by atoms with Crippen molar-refractivity contribution >= 4 is 23.0 Å². The Labute approximate surface area is 173 Å². The second kappa shape index (κ2) is 6.70. The van der Waals surface area contributed by atoms with Crippen LogP contribution in [0.3, 0.4) is 0 Å². The molecule has 0 amide bonds. The number of halogens is 1. The average Bonchev–Trinajstić information content (AvgIpc) is 3.29. The zero-order valence-electron chi connectivity index (χ0n) is 16.3. The molecule has 0 radical (unpaired) electrons. The van der Waals surface area contributed by atoms with Crippen molar-refractivity contribution in [3.63, 3.8) is 0 Å². The van der Waals surface area contributed by atoms with Crippen molar-refractivity contribution in [1.82, 2.24) is 25.0 Å². The Balaban J connectivity index is 1.74. The maximum absolute atomic E-state index is 6.13. The Hall–Kier alpha value is -3.19.